The van der Waals surface area contributed by atoms with Gasteiger partial charge in [-0.05, 0) is 25.5 Å². The molecule has 1 aromatic rings. The molecule has 0 aliphatic heterocycles. The Labute approximate surface area is 105 Å². The van der Waals surface area contributed by atoms with E-state index in [-0.39, 0.29) is 11.4 Å². The Balaban J connectivity index is 2.47. The van der Waals surface area contributed by atoms with Gasteiger partial charge < -0.3 is 4.74 Å². The molecule has 0 aliphatic rings. The average molecular weight is 317 g/mol. The number of alkyl halides is 4. The summed E-state index contributed by atoms with van der Waals surface area (Å²) in [6.45, 7) is 2.74. The van der Waals surface area contributed by atoms with Crippen molar-refractivity contribution in [2.45, 2.75) is 24.9 Å². The van der Waals surface area contributed by atoms with Crippen LogP contribution in [0.2, 0.25) is 0 Å². The van der Waals surface area contributed by atoms with Gasteiger partial charge in [-0.1, -0.05) is 15.9 Å². The van der Waals surface area contributed by atoms with E-state index in [1.54, 1.807) is 11.3 Å². The summed E-state index contributed by atoms with van der Waals surface area (Å²) in [6.07, 6.45) is -4.26. The van der Waals surface area contributed by atoms with Crippen molar-refractivity contribution in [1.82, 2.24) is 0 Å². The average Bonchev–Trinajstić information content (AvgIpc) is 2.43. The van der Waals surface area contributed by atoms with Crippen LogP contribution in [0.1, 0.15) is 20.1 Å². The minimum atomic E-state index is -4.26. The first-order valence-electron chi connectivity index (χ1n) is 4.65. The van der Waals surface area contributed by atoms with Gasteiger partial charge in [0.1, 0.15) is 6.61 Å². The monoisotopic (exact) mass is 316 g/mol. The number of aryl methyl sites for hydroxylation is 2. The van der Waals surface area contributed by atoms with Crippen LogP contribution >= 0.6 is 27.3 Å². The van der Waals surface area contributed by atoms with Crippen molar-refractivity contribution >= 4 is 27.3 Å². The van der Waals surface area contributed by atoms with E-state index in [0.29, 0.717) is 0 Å². The highest BCUT2D eigenvalue weighted by atomic mass is 79.9. The van der Waals surface area contributed by atoms with E-state index in [0.717, 1.165) is 15.3 Å². The molecule has 0 fully saturated rings. The maximum atomic E-state index is 11.9. The van der Waals surface area contributed by atoms with E-state index in [2.05, 4.69) is 20.7 Å². The lowest BCUT2D eigenvalue weighted by atomic mass is 10.2. The van der Waals surface area contributed by atoms with Gasteiger partial charge in [-0.2, -0.15) is 13.2 Å². The quantitative estimate of drug-likeness (QED) is 0.749. The van der Waals surface area contributed by atoms with Crippen molar-refractivity contribution in [3.63, 3.8) is 0 Å². The molecular weight excluding hydrogens is 305 g/mol. The van der Waals surface area contributed by atoms with Crippen LogP contribution in [0.5, 0.6) is 0 Å². The Morgan fingerprint density at radius 2 is 2.06 bits per heavy atom. The summed E-state index contributed by atoms with van der Waals surface area (Å²) in [7, 11) is 0. The Kier molecular flexibility index (Phi) is 4.82. The molecule has 16 heavy (non-hydrogen) atoms. The Hall–Kier alpha value is -0.0700. The van der Waals surface area contributed by atoms with E-state index >= 15 is 0 Å². The maximum absolute atomic E-state index is 11.9. The second kappa shape index (κ2) is 5.51. The van der Waals surface area contributed by atoms with Crippen LogP contribution in [0.15, 0.2) is 6.07 Å². The molecule has 1 atom stereocenters. The zero-order valence-electron chi connectivity index (χ0n) is 8.90. The van der Waals surface area contributed by atoms with Gasteiger partial charge in [0.25, 0.3) is 0 Å². The van der Waals surface area contributed by atoms with Crippen LogP contribution in [0.3, 0.4) is 0 Å². The SMILES string of the molecule is Cc1cc(C)c(C(Br)COCC(F)(F)F)s1. The van der Waals surface area contributed by atoms with Crippen LogP contribution in [-0.4, -0.2) is 19.4 Å². The molecule has 0 saturated heterocycles. The molecule has 0 radical (unpaired) electrons. The molecule has 92 valence electrons. The Morgan fingerprint density at radius 3 is 2.50 bits per heavy atom. The van der Waals surface area contributed by atoms with E-state index in [1.807, 2.05) is 19.9 Å². The third-order valence-electron chi connectivity index (χ3n) is 1.89. The molecule has 0 aliphatic carbocycles. The van der Waals surface area contributed by atoms with Gasteiger partial charge in [-0.25, -0.2) is 0 Å². The maximum Gasteiger partial charge on any atom is 0.411 e. The number of ether oxygens (including phenoxy) is 1. The molecule has 1 unspecified atom stereocenters. The first-order valence-corrected chi connectivity index (χ1v) is 6.38. The van der Waals surface area contributed by atoms with Gasteiger partial charge in [-0.15, -0.1) is 11.3 Å². The van der Waals surface area contributed by atoms with Crippen molar-refractivity contribution < 1.29 is 17.9 Å². The van der Waals surface area contributed by atoms with Gasteiger partial charge in [0.05, 0.1) is 11.4 Å². The number of hydrogen-bond donors (Lipinski definition) is 0. The van der Waals surface area contributed by atoms with E-state index in [1.165, 1.54) is 0 Å². The van der Waals surface area contributed by atoms with Gasteiger partial charge >= 0.3 is 6.18 Å². The highest BCUT2D eigenvalue weighted by Gasteiger charge is 2.28. The molecule has 0 saturated carbocycles. The summed E-state index contributed by atoms with van der Waals surface area (Å²) >= 11 is 4.91. The number of hydrogen-bond acceptors (Lipinski definition) is 2. The van der Waals surface area contributed by atoms with Gasteiger partial charge in [0.15, 0.2) is 0 Å². The third kappa shape index (κ3) is 4.43. The van der Waals surface area contributed by atoms with Crippen LogP contribution in [0.4, 0.5) is 13.2 Å². The van der Waals surface area contributed by atoms with E-state index in [9.17, 15) is 13.2 Å². The fourth-order valence-electron chi connectivity index (χ4n) is 1.32. The normalized spacial score (nSPS) is 14.1. The first-order chi connectivity index (χ1) is 7.29. The molecule has 6 heteroatoms. The Morgan fingerprint density at radius 1 is 1.44 bits per heavy atom. The predicted molar refractivity (Wildman–Crippen MR) is 62.3 cm³/mol. The topological polar surface area (TPSA) is 9.23 Å². The molecule has 1 aromatic heterocycles. The van der Waals surface area contributed by atoms with Crippen LogP contribution in [-0.2, 0) is 4.74 Å². The highest BCUT2D eigenvalue weighted by molar-refractivity contribution is 9.09. The molecule has 0 amide bonds. The van der Waals surface area contributed by atoms with Crippen molar-refractivity contribution in [2.24, 2.45) is 0 Å². The van der Waals surface area contributed by atoms with Crippen molar-refractivity contribution in [2.75, 3.05) is 13.2 Å². The van der Waals surface area contributed by atoms with Gasteiger partial charge in [0, 0.05) is 9.75 Å². The fraction of sp³-hybridized carbons (Fsp3) is 0.600. The summed E-state index contributed by atoms with van der Waals surface area (Å²) in [6, 6.07) is 2.01. The second-order valence-electron chi connectivity index (χ2n) is 3.50. The molecule has 1 nitrogen and oxygen atoms in total. The van der Waals surface area contributed by atoms with Crippen molar-refractivity contribution in [1.29, 1.82) is 0 Å². The van der Waals surface area contributed by atoms with Crippen LogP contribution in [0, 0.1) is 13.8 Å². The lowest BCUT2D eigenvalue weighted by molar-refractivity contribution is -0.173. The third-order valence-corrected chi connectivity index (χ3v) is 4.19. The molecule has 0 spiro atoms. The number of rotatable bonds is 4. The molecule has 0 bridgehead atoms. The van der Waals surface area contributed by atoms with Gasteiger partial charge in [-0.3, -0.25) is 0 Å². The summed E-state index contributed by atoms with van der Waals surface area (Å²) < 4.78 is 40.2. The van der Waals surface area contributed by atoms with Crippen molar-refractivity contribution in [3.05, 3.63) is 21.4 Å². The zero-order chi connectivity index (χ0) is 12.3. The highest BCUT2D eigenvalue weighted by Crippen LogP contribution is 2.33. The fourth-order valence-corrected chi connectivity index (χ4v) is 3.15. The summed E-state index contributed by atoms with van der Waals surface area (Å²) in [5, 5.41) is 0. The van der Waals surface area contributed by atoms with E-state index < -0.39 is 12.8 Å². The summed E-state index contributed by atoms with van der Waals surface area (Å²) in [5.41, 5.74) is 1.08. The molecule has 0 aromatic carbocycles. The van der Waals surface area contributed by atoms with Crippen molar-refractivity contribution in [3.8, 4) is 0 Å². The Bertz CT molecular complexity index is 348. The lowest BCUT2D eigenvalue weighted by Gasteiger charge is -2.11. The van der Waals surface area contributed by atoms with Gasteiger partial charge in [0.2, 0.25) is 0 Å². The van der Waals surface area contributed by atoms with E-state index in [4.69, 9.17) is 0 Å². The lowest BCUT2D eigenvalue weighted by Crippen LogP contribution is -2.18. The second-order valence-corrected chi connectivity index (χ2v) is 5.90. The first kappa shape index (κ1) is 14.0. The molecule has 0 N–H and O–H groups in total. The zero-order valence-corrected chi connectivity index (χ0v) is 11.3. The summed E-state index contributed by atoms with van der Waals surface area (Å²) in [4.78, 5) is 2.00. The molecular formula is C10H12BrF3OS. The minimum absolute atomic E-state index is 0.0281. The minimum Gasteiger partial charge on any atom is -0.370 e. The largest absolute Gasteiger partial charge is 0.411 e. The smallest absolute Gasteiger partial charge is 0.370 e. The molecule has 1 rings (SSSR count). The number of halogens is 4. The summed E-state index contributed by atoms with van der Waals surface area (Å²) in [5.74, 6) is 0. The van der Waals surface area contributed by atoms with Crippen LogP contribution in [0.25, 0.3) is 0 Å². The molecule has 1 heterocycles. The standard InChI is InChI=1S/C10H12BrF3OS/c1-6-3-7(2)16-9(6)8(11)4-15-5-10(12,13)14/h3,8H,4-5H2,1-2H3. The predicted octanol–water partition coefficient (Wildman–Crippen LogP) is 4.38. The number of thiophene rings is 1. The van der Waals surface area contributed by atoms with Crippen LogP contribution < -0.4 is 0 Å².